The fraction of sp³-hybridized carbons (Fsp3) is 0. The molecule has 32 valence electrons. The van der Waals surface area contributed by atoms with Gasteiger partial charge in [-0.25, -0.2) is 0 Å². The maximum absolute atomic E-state index is 9.12. The first-order chi connectivity index (χ1) is 2.27. The molecule has 1 unspecified atom stereocenters. The van der Waals surface area contributed by atoms with Crippen molar-refractivity contribution in [1.82, 2.24) is 0 Å². The lowest BCUT2D eigenvalue weighted by atomic mass is 15.8. The van der Waals surface area contributed by atoms with Gasteiger partial charge in [0.15, 0.2) is 0 Å². The fourth-order valence-electron chi connectivity index (χ4n) is 0. The zero-order chi connectivity index (χ0) is 4.28. The third kappa shape index (κ3) is 4.36. The Balaban J connectivity index is 2.85. The van der Waals surface area contributed by atoms with Gasteiger partial charge in [-0.1, -0.05) is 0 Å². The molecular weight excluding hydrogens is 116 g/mol. The fourth-order valence-corrected chi connectivity index (χ4v) is 0. The molecule has 3 nitrogen and oxygen atoms in total. The van der Waals surface area contributed by atoms with E-state index < -0.39 is 11.4 Å². The van der Waals surface area contributed by atoms with Crippen molar-refractivity contribution in [2.45, 2.75) is 0 Å². The first kappa shape index (κ1) is 5.36. The second-order valence-electron chi connectivity index (χ2n) is 0.280. The molecule has 1 atom stereocenters. The summed E-state index contributed by atoms with van der Waals surface area (Å²) in [6.07, 6.45) is 0. The van der Waals surface area contributed by atoms with Gasteiger partial charge < -0.3 is 0 Å². The summed E-state index contributed by atoms with van der Waals surface area (Å²) in [7, 11) is 0. The maximum Gasteiger partial charge on any atom is 0.319 e. The van der Waals surface area contributed by atoms with Crippen LogP contribution in [-0.4, -0.2) is 8.76 Å². The summed E-state index contributed by atoms with van der Waals surface area (Å²) in [6, 6.07) is 0. The van der Waals surface area contributed by atoms with Gasteiger partial charge in [-0.15, -0.1) is 0 Å². The first-order valence-corrected chi connectivity index (χ1v) is 2.01. The molecule has 5 heavy (non-hydrogen) atoms. The summed E-state index contributed by atoms with van der Waals surface area (Å²) in [6.45, 7) is 0. The van der Waals surface area contributed by atoms with E-state index in [9.17, 15) is 0 Å². The van der Waals surface area contributed by atoms with Gasteiger partial charge in [0.1, 0.15) is 0 Å². The minimum Gasteiger partial charge on any atom is -0.283 e. The molecule has 0 aromatic rings. The smallest absolute Gasteiger partial charge is 0.283 e. The molecule has 0 aliphatic carbocycles. The molecule has 0 radical (unpaired) electrons. The van der Waals surface area contributed by atoms with Crippen molar-refractivity contribution in [2.24, 2.45) is 0 Å². The van der Waals surface area contributed by atoms with Crippen LogP contribution in [0.25, 0.3) is 0 Å². The molecule has 0 spiro atoms. The van der Waals surface area contributed by atoms with Crippen LogP contribution in [0.5, 0.6) is 0 Å². The third-order valence-corrected chi connectivity index (χ3v) is 0.485. The molecule has 0 fully saturated rings. The van der Waals surface area contributed by atoms with Gasteiger partial charge in [0, 0.05) is 0 Å². The predicted molar refractivity (Wildman–Crippen MR) is 17.7 cm³/mol. The molecule has 0 rings (SSSR count). The molecule has 0 bridgehead atoms. The minimum absolute atomic E-state index is 2.31. The van der Waals surface area contributed by atoms with Gasteiger partial charge in [0.05, 0.1) is 11.9 Å². The van der Waals surface area contributed by atoms with E-state index in [1.54, 1.807) is 0 Å². The lowest BCUT2D eigenvalue weighted by molar-refractivity contribution is 0.477. The van der Waals surface area contributed by atoms with Gasteiger partial charge in [-0.05, 0) is 0 Å². The van der Waals surface area contributed by atoms with Crippen molar-refractivity contribution in [3.8, 4) is 0 Å². The highest BCUT2D eigenvalue weighted by atomic mass is 35.5. The van der Waals surface area contributed by atoms with Crippen LogP contribution < -0.4 is 0 Å². The van der Waals surface area contributed by atoms with E-state index in [2.05, 4.69) is 15.6 Å². The highest BCUT2D eigenvalue weighted by Crippen LogP contribution is 1.78. The highest BCUT2D eigenvalue weighted by molar-refractivity contribution is 7.74. The van der Waals surface area contributed by atoms with Crippen molar-refractivity contribution in [1.29, 1.82) is 0 Å². The SMILES string of the molecule is O=S(O)OCl. The Morgan fingerprint density at radius 3 is 2.20 bits per heavy atom. The number of hydrogen-bond acceptors (Lipinski definition) is 2. The van der Waals surface area contributed by atoms with E-state index in [4.69, 9.17) is 8.76 Å². The molecule has 0 aromatic heterocycles. The van der Waals surface area contributed by atoms with Gasteiger partial charge in [-0.3, -0.25) is 4.55 Å². The second-order valence-corrected chi connectivity index (χ2v) is 1.22. The zero-order valence-corrected chi connectivity index (χ0v) is 3.62. The Bertz CT molecular complexity index is 42.2. The second kappa shape index (κ2) is 2.59. The lowest BCUT2D eigenvalue weighted by Gasteiger charge is -1.71. The van der Waals surface area contributed by atoms with Gasteiger partial charge in [0.25, 0.3) is 0 Å². The van der Waals surface area contributed by atoms with Crippen LogP contribution in [-0.2, 0) is 15.1 Å². The molecule has 0 aliphatic heterocycles. The van der Waals surface area contributed by atoms with E-state index >= 15 is 0 Å². The van der Waals surface area contributed by atoms with E-state index in [1.165, 1.54) is 0 Å². The molecule has 0 aromatic carbocycles. The Morgan fingerprint density at radius 1 is 2.00 bits per heavy atom. The third-order valence-electron chi connectivity index (χ3n) is 0.0539. The van der Waals surface area contributed by atoms with E-state index in [0.717, 1.165) is 0 Å². The molecule has 0 saturated heterocycles. The van der Waals surface area contributed by atoms with Crippen LogP contribution in [0.4, 0.5) is 0 Å². The normalized spacial score (nSPS) is 14.8. The average molecular weight is 117 g/mol. The number of rotatable bonds is 1. The Kier molecular flexibility index (Phi) is 2.78. The van der Waals surface area contributed by atoms with Crippen molar-refractivity contribution in [2.75, 3.05) is 0 Å². The van der Waals surface area contributed by atoms with E-state index in [0.29, 0.717) is 0 Å². The monoisotopic (exact) mass is 116 g/mol. The molecule has 0 aliphatic rings. The van der Waals surface area contributed by atoms with Gasteiger partial charge in [0.2, 0.25) is 0 Å². The standard InChI is InChI=1S/ClHO3S/c1-4-5(2)3/h(H,2,3). The highest BCUT2D eigenvalue weighted by Gasteiger charge is 1.79. The van der Waals surface area contributed by atoms with Crippen LogP contribution in [0.1, 0.15) is 0 Å². The summed E-state index contributed by atoms with van der Waals surface area (Å²) in [5.41, 5.74) is 0. The molecule has 5 heteroatoms. The summed E-state index contributed by atoms with van der Waals surface area (Å²) in [5.74, 6) is 0. The van der Waals surface area contributed by atoms with Crippen molar-refractivity contribution in [3.63, 3.8) is 0 Å². The van der Waals surface area contributed by atoms with Crippen LogP contribution in [0.15, 0.2) is 0 Å². The van der Waals surface area contributed by atoms with Crippen LogP contribution >= 0.6 is 11.9 Å². The Morgan fingerprint density at radius 2 is 2.20 bits per heavy atom. The summed E-state index contributed by atoms with van der Waals surface area (Å²) >= 11 is 1.98. The van der Waals surface area contributed by atoms with Gasteiger partial charge in [-0.2, -0.15) is 7.94 Å². The molecule has 0 saturated carbocycles. The summed E-state index contributed by atoms with van der Waals surface area (Å²) in [4.78, 5) is 0. The number of hydrogen-bond donors (Lipinski definition) is 1. The van der Waals surface area contributed by atoms with Crippen LogP contribution in [0.2, 0.25) is 0 Å². The maximum atomic E-state index is 9.12. The largest absolute Gasteiger partial charge is 0.319 e. The van der Waals surface area contributed by atoms with Gasteiger partial charge >= 0.3 is 11.4 Å². The predicted octanol–water partition coefficient (Wildman–Crippen LogP) is 0.294. The first-order valence-electron chi connectivity index (χ1n) is 0.670. The number of halogens is 1. The molecular formula is HClO3S. The molecule has 0 amide bonds. The average Bonchev–Trinajstić information content (AvgIpc) is 1.38. The lowest BCUT2D eigenvalue weighted by Crippen LogP contribution is -1.78. The minimum atomic E-state index is -2.31. The summed E-state index contributed by atoms with van der Waals surface area (Å²) < 4.78 is 19.9. The molecule has 0 heterocycles. The quantitative estimate of drug-likeness (QED) is 0.501. The summed E-state index contributed by atoms with van der Waals surface area (Å²) in [5, 5.41) is 0. The van der Waals surface area contributed by atoms with Crippen molar-refractivity contribution >= 4 is 23.2 Å². The molecule has 1 N–H and O–H groups in total. The Labute approximate surface area is 36.5 Å². The Hall–Kier alpha value is 0.360. The van der Waals surface area contributed by atoms with Crippen molar-refractivity contribution < 1.29 is 12.5 Å². The van der Waals surface area contributed by atoms with E-state index in [1.807, 2.05) is 0 Å². The van der Waals surface area contributed by atoms with Crippen LogP contribution in [0.3, 0.4) is 0 Å². The van der Waals surface area contributed by atoms with Crippen molar-refractivity contribution in [3.05, 3.63) is 0 Å². The van der Waals surface area contributed by atoms with E-state index in [-0.39, 0.29) is 0 Å². The zero-order valence-electron chi connectivity index (χ0n) is 2.05. The topological polar surface area (TPSA) is 46.5 Å². The van der Waals surface area contributed by atoms with Crippen LogP contribution in [0, 0.1) is 0 Å².